The summed E-state index contributed by atoms with van der Waals surface area (Å²) >= 11 is 0. The van der Waals surface area contributed by atoms with Gasteiger partial charge in [0.05, 0.1) is 34.5 Å². The van der Waals surface area contributed by atoms with E-state index in [4.69, 9.17) is 10.5 Å². The van der Waals surface area contributed by atoms with Gasteiger partial charge in [-0.05, 0) is 50.5 Å². The Morgan fingerprint density at radius 1 is 1.19 bits per heavy atom. The predicted molar refractivity (Wildman–Crippen MR) is 119 cm³/mol. The first kappa shape index (κ1) is 22.7. The number of aryl methyl sites for hydroxylation is 1. The molecule has 1 radical (unpaired) electrons. The number of phenols is 2. The summed E-state index contributed by atoms with van der Waals surface area (Å²) in [5.74, 6) is -1.71. The highest BCUT2D eigenvalue weighted by atomic mass is 16.5. The Balaban J connectivity index is 1.58. The van der Waals surface area contributed by atoms with Gasteiger partial charge in [0.2, 0.25) is 0 Å². The van der Waals surface area contributed by atoms with Gasteiger partial charge in [0.25, 0.3) is 5.91 Å². The van der Waals surface area contributed by atoms with Crippen LogP contribution in [0.3, 0.4) is 0 Å². The zero-order valence-corrected chi connectivity index (χ0v) is 17.5. The van der Waals surface area contributed by atoms with Crippen LogP contribution in [-0.4, -0.2) is 45.3 Å². The Labute approximate surface area is 184 Å². The number of hydrogen-bond acceptors (Lipinski definition) is 7. The molecule has 3 rings (SSSR count). The van der Waals surface area contributed by atoms with Crippen LogP contribution in [0, 0.1) is 13.8 Å². The molecule has 3 aromatic rings. The highest BCUT2D eigenvalue weighted by molar-refractivity contribution is 6.06. The maximum atomic E-state index is 12.3. The quantitative estimate of drug-likeness (QED) is 0.336. The van der Waals surface area contributed by atoms with E-state index < -0.39 is 11.9 Å². The molecule has 0 fully saturated rings. The van der Waals surface area contributed by atoms with Crippen LogP contribution in [0.15, 0.2) is 30.3 Å². The number of rotatable bonds is 8. The van der Waals surface area contributed by atoms with Gasteiger partial charge in [0.15, 0.2) is 0 Å². The Morgan fingerprint density at radius 3 is 2.62 bits per heavy atom. The minimum absolute atomic E-state index is 0.0160. The van der Waals surface area contributed by atoms with Crippen molar-refractivity contribution >= 4 is 28.5 Å². The van der Waals surface area contributed by atoms with E-state index in [1.54, 1.807) is 25.1 Å². The third kappa shape index (κ3) is 4.66. The highest BCUT2D eigenvalue weighted by Gasteiger charge is 2.19. The number of aromatic hydroxyl groups is 2. The second-order valence-corrected chi connectivity index (χ2v) is 7.25. The van der Waals surface area contributed by atoms with Crippen molar-refractivity contribution in [2.24, 2.45) is 0 Å². The van der Waals surface area contributed by atoms with Gasteiger partial charge in [-0.3, -0.25) is 9.78 Å². The van der Waals surface area contributed by atoms with E-state index in [1.807, 2.05) is 0 Å². The number of carbonyl (C=O) groups excluding carboxylic acids is 1. The van der Waals surface area contributed by atoms with Crippen molar-refractivity contribution in [3.05, 3.63) is 59.6 Å². The number of nitrogens with zero attached hydrogens (tertiary/aromatic N) is 1. The zero-order chi connectivity index (χ0) is 23.4. The Bertz CT molecular complexity index is 1170. The van der Waals surface area contributed by atoms with E-state index in [9.17, 15) is 24.9 Å². The summed E-state index contributed by atoms with van der Waals surface area (Å²) in [4.78, 5) is 28.1. The molecule has 0 bridgehead atoms. The fourth-order valence-electron chi connectivity index (χ4n) is 3.46. The first-order valence-electron chi connectivity index (χ1n) is 9.91. The number of pyridine rings is 1. The van der Waals surface area contributed by atoms with Gasteiger partial charge in [0, 0.05) is 12.6 Å². The molecular formula is C23H24N3O6. The Hall–Kier alpha value is -4.01. The van der Waals surface area contributed by atoms with E-state index in [0.717, 1.165) is 6.07 Å². The van der Waals surface area contributed by atoms with Crippen LogP contribution in [0.1, 0.15) is 44.8 Å². The minimum atomic E-state index is -1.15. The van der Waals surface area contributed by atoms with E-state index in [0.29, 0.717) is 48.3 Å². The molecule has 9 heteroatoms. The van der Waals surface area contributed by atoms with Crippen molar-refractivity contribution in [1.29, 1.82) is 0 Å². The summed E-state index contributed by atoms with van der Waals surface area (Å²) in [7, 11) is 0. The lowest BCUT2D eigenvalue weighted by atomic mass is 10.1. The zero-order valence-electron chi connectivity index (χ0n) is 17.5. The third-order valence-electron chi connectivity index (χ3n) is 4.93. The molecule has 0 saturated carbocycles. The maximum Gasteiger partial charge on any atom is 0.339 e. The molecule has 0 aliphatic carbocycles. The van der Waals surface area contributed by atoms with E-state index in [-0.39, 0.29) is 33.9 Å². The summed E-state index contributed by atoms with van der Waals surface area (Å²) in [6, 6.07) is 7.57. The third-order valence-corrected chi connectivity index (χ3v) is 4.93. The Kier molecular flexibility index (Phi) is 6.67. The molecule has 0 spiro atoms. The number of carbonyl (C=O) groups is 2. The van der Waals surface area contributed by atoms with Crippen LogP contribution < -0.4 is 15.8 Å². The van der Waals surface area contributed by atoms with E-state index in [1.165, 1.54) is 6.07 Å². The van der Waals surface area contributed by atoms with Crippen LogP contribution >= 0.6 is 0 Å². The predicted octanol–water partition coefficient (Wildman–Crippen LogP) is 3.01. The standard InChI is InChI=1S/C23H24N3O6/c1-12-10-14(27)11-16(28)18(12)22(29)25-8-3-4-9-32-17-7-5-6-15-20(17)21(24)19(23(30)31)13(2)26-15/h5-7,10-11,27-28H,1,3-4,8-9H2,2H3,(H2,24,26)(H,25,29)(H,30,31). The molecule has 167 valence electrons. The number of nitrogens with one attached hydrogen (secondary N) is 1. The number of unbranched alkanes of at least 4 members (excludes halogenated alkanes) is 1. The first-order valence-corrected chi connectivity index (χ1v) is 9.91. The SMILES string of the molecule is [CH2]c1cc(O)cc(O)c1C(=O)NCCCCOc1cccc2nc(C)c(C(=O)O)c(N)c12. The second-order valence-electron chi connectivity index (χ2n) is 7.25. The highest BCUT2D eigenvalue weighted by Crippen LogP contribution is 2.33. The first-order chi connectivity index (χ1) is 15.2. The number of aromatic carboxylic acids is 1. The number of ether oxygens (including phenoxy) is 1. The van der Waals surface area contributed by atoms with Gasteiger partial charge in [-0.15, -0.1) is 0 Å². The fourth-order valence-corrected chi connectivity index (χ4v) is 3.46. The average molecular weight is 438 g/mol. The largest absolute Gasteiger partial charge is 0.508 e. The number of carboxylic acid groups (broad SMARTS) is 1. The van der Waals surface area contributed by atoms with Gasteiger partial charge in [-0.25, -0.2) is 4.79 Å². The number of benzene rings is 2. The van der Waals surface area contributed by atoms with Gasteiger partial charge < -0.3 is 31.1 Å². The minimum Gasteiger partial charge on any atom is -0.508 e. The van der Waals surface area contributed by atoms with Gasteiger partial charge in [-0.1, -0.05) is 6.07 Å². The van der Waals surface area contributed by atoms with Gasteiger partial charge in [-0.2, -0.15) is 0 Å². The molecule has 9 nitrogen and oxygen atoms in total. The van der Waals surface area contributed by atoms with Crippen molar-refractivity contribution in [3.8, 4) is 17.2 Å². The topological polar surface area (TPSA) is 155 Å². The molecule has 0 aliphatic heterocycles. The smallest absolute Gasteiger partial charge is 0.339 e. The van der Waals surface area contributed by atoms with E-state index >= 15 is 0 Å². The van der Waals surface area contributed by atoms with Gasteiger partial charge >= 0.3 is 5.97 Å². The van der Waals surface area contributed by atoms with Crippen LogP contribution in [-0.2, 0) is 0 Å². The lowest BCUT2D eigenvalue weighted by Gasteiger charge is -2.14. The van der Waals surface area contributed by atoms with Crippen molar-refractivity contribution in [2.45, 2.75) is 19.8 Å². The molecule has 1 amide bonds. The molecule has 1 heterocycles. The molecule has 0 atom stereocenters. The number of fused-ring (bicyclic) bond motifs is 1. The van der Waals surface area contributed by atoms with Crippen LogP contribution in [0.2, 0.25) is 0 Å². The van der Waals surface area contributed by atoms with Crippen molar-refractivity contribution < 1.29 is 29.6 Å². The summed E-state index contributed by atoms with van der Waals surface area (Å²) in [6.07, 6.45) is 1.19. The molecule has 0 aliphatic rings. The van der Waals surface area contributed by atoms with Crippen molar-refractivity contribution in [1.82, 2.24) is 10.3 Å². The molecule has 32 heavy (non-hydrogen) atoms. The maximum absolute atomic E-state index is 12.3. The van der Waals surface area contributed by atoms with Crippen LogP contribution in [0.4, 0.5) is 5.69 Å². The number of nitrogens with two attached hydrogens (primary N) is 1. The summed E-state index contributed by atoms with van der Waals surface area (Å²) in [5, 5.41) is 31.8. The summed E-state index contributed by atoms with van der Waals surface area (Å²) in [6.45, 7) is 5.90. The molecule has 0 unspecified atom stereocenters. The summed E-state index contributed by atoms with van der Waals surface area (Å²) in [5.41, 5.74) is 7.30. The van der Waals surface area contributed by atoms with Crippen LogP contribution in [0.25, 0.3) is 10.9 Å². The van der Waals surface area contributed by atoms with Gasteiger partial charge in [0.1, 0.15) is 22.8 Å². The number of amides is 1. The number of carboxylic acids is 1. The summed E-state index contributed by atoms with van der Waals surface area (Å²) < 4.78 is 5.81. The fraction of sp³-hybridized carbons (Fsp3) is 0.217. The van der Waals surface area contributed by atoms with Crippen LogP contribution in [0.5, 0.6) is 17.2 Å². The van der Waals surface area contributed by atoms with Crippen molar-refractivity contribution in [3.63, 3.8) is 0 Å². The lowest BCUT2D eigenvalue weighted by Crippen LogP contribution is -2.25. The number of anilines is 1. The van der Waals surface area contributed by atoms with Crippen molar-refractivity contribution in [2.75, 3.05) is 18.9 Å². The number of phenolic OH excluding ortho intramolecular Hbond substituents is 2. The molecule has 0 saturated heterocycles. The average Bonchev–Trinajstić information content (AvgIpc) is 2.69. The number of hydrogen-bond donors (Lipinski definition) is 5. The Morgan fingerprint density at radius 2 is 1.94 bits per heavy atom. The molecule has 2 aromatic carbocycles. The second kappa shape index (κ2) is 9.42. The van der Waals surface area contributed by atoms with E-state index in [2.05, 4.69) is 17.2 Å². The molecule has 1 aromatic heterocycles. The monoisotopic (exact) mass is 438 g/mol. The number of nitrogen functional groups attached to an aromatic ring is 1. The normalized spacial score (nSPS) is 10.8. The molecular weight excluding hydrogens is 414 g/mol. The molecule has 6 N–H and O–H groups in total. The number of aromatic nitrogens is 1. The lowest BCUT2D eigenvalue weighted by molar-refractivity contribution is 0.0696.